The first-order valence-electron chi connectivity index (χ1n) is 8.96. The number of hydrogen-bond acceptors (Lipinski definition) is 4. The number of carbonyl (C=O) groups excluding carboxylic acids is 1. The first kappa shape index (κ1) is 18.9. The van der Waals surface area contributed by atoms with Crippen LogP contribution in [0.5, 0.6) is 5.75 Å². The molecule has 1 N–H and O–H groups in total. The molecule has 6 nitrogen and oxygen atoms in total. The maximum Gasteiger partial charge on any atom is 0.335 e. The number of hydrogen-bond donors (Lipinski definition) is 1. The predicted octanol–water partition coefficient (Wildman–Crippen LogP) is 2.66. The molecule has 0 aliphatic carbocycles. The Bertz CT molecular complexity index is 842. The quantitative estimate of drug-likeness (QED) is 0.879. The lowest BCUT2D eigenvalue weighted by Gasteiger charge is -2.35. The number of aryl methyl sites for hydroxylation is 1. The number of ether oxygens (including phenoxy) is 1. The van der Waals surface area contributed by atoms with Crippen LogP contribution in [0.15, 0.2) is 42.5 Å². The highest BCUT2D eigenvalue weighted by Crippen LogP contribution is 2.21. The molecular weight excluding hydrogens is 344 g/mol. The summed E-state index contributed by atoms with van der Waals surface area (Å²) in [7, 11) is 1.61. The van der Waals surface area contributed by atoms with E-state index in [1.807, 2.05) is 30.0 Å². The molecule has 27 heavy (non-hydrogen) atoms. The highest BCUT2D eigenvalue weighted by atomic mass is 16.5. The van der Waals surface area contributed by atoms with Gasteiger partial charge in [0.05, 0.1) is 12.7 Å². The van der Waals surface area contributed by atoms with Crippen LogP contribution in [0.4, 0.5) is 0 Å². The molecule has 0 radical (unpaired) electrons. The molecule has 0 aromatic heterocycles. The molecule has 1 fully saturated rings. The summed E-state index contributed by atoms with van der Waals surface area (Å²) in [5.41, 5.74) is 2.91. The van der Waals surface area contributed by atoms with E-state index >= 15 is 0 Å². The minimum absolute atomic E-state index is 0.0147. The number of nitrogens with zero attached hydrogens (tertiary/aromatic N) is 2. The van der Waals surface area contributed by atoms with Crippen LogP contribution in [0, 0.1) is 6.92 Å². The standard InChI is InChI=1S/C21H24N2O4/c1-15-6-7-17(13-19(15)27-2)20(24)23-10-8-22(9-11-23)14-16-4-3-5-18(12-16)21(25)26/h3-7,12-13H,8-11,14H2,1-2H3,(H,25,26). The molecule has 1 amide bonds. The molecule has 142 valence electrons. The van der Waals surface area contributed by atoms with E-state index in [-0.39, 0.29) is 5.91 Å². The van der Waals surface area contributed by atoms with Gasteiger partial charge in [0.2, 0.25) is 0 Å². The Morgan fingerprint density at radius 3 is 2.44 bits per heavy atom. The zero-order valence-electron chi connectivity index (χ0n) is 15.6. The minimum atomic E-state index is -0.916. The number of aromatic carboxylic acids is 1. The smallest absolute Gasteiger partial charge is 0.335 e. The van der Waals surface area contributed by atoms with E-state index in [1.54, 1.807) is 31.4 Å². The number of piperazine rings is 1. The largest absolute Gasteiger partial charge is 0.496 e. The van der Waals surface area contributed by atoms with Crippen molar-refractivity contribution in [2.24, 2.45) is 0 Å². The van der Waals surface area contributed by atoms with Crippen LogP contribution in [-0.4, -0.2) is 60.1 Å². The summed E-state index contributed by atoms with van der Waals surface area (Å²) in [6, 6.07) is 12.5. The van der Waals surface area contributed by atoms with Gasteiger partial charge in [-0.3, -0.25) is 9.69 Å². The van der Waals surface area contributed by atoms with Crippen LogP contribution in [-0.2, 0) is 6.54 Å². The van der Waals surface area contributed by atoms with Crippen molar-refractivity contribution in [1.29, 1.82) is 0 Å². The summed E-state index contributed by atoms with van der Waals surface area (Å²) in [6.45, 7) is 5.44. The van der Waals surface area contributed by atoms with Crippen molar-refractivity contribution in [1.82, 2.24) is 9.80 Å². The first-order chi connectivity index (χ1) is 13.0. The Kier molecular flexibility index (Phi) is 5.76. The second-order valence-corrected chi connectivity index (χ2v) is 6.76. The SMILES string of the molecule is COc1cc(C(=O)N2CCN(Cc3cccc(C(=O)O)c3)CC2)ccc1C. The van der Waals surface area contributed by atoms with Crippen LogP contribution >= 0.6 is 0 Å². The monoisotopic (exact) mass is 368 g/mol. The number of carbonyl (C=O) groups is 2. The summed E-state index contributed by atoms with van der Waals surface area (Å²) in [5, 5.41) is 9.11. The zero-order valence-corrected chi connectivity index (χ0v) is 15.6. The molecule has 2 aromatic rings. The summed E-state index contributed by atoms with van der Waals surface area (Å²) in [4.78, 5) is 27.9. The van der Waals surface area contributed by atoms with Crippen LogP contribution in [0.2, 0.25) is 0 Å². The van der Waals surface area contributed by atoms with E-state index in [4.69, 9.17) is 9.84 Å². The maximum atomic E-state index is 12.8. The van der Waals surface area contributed by atoms with E-state index in [0.717, 1.165) is 30.0 Å². The van der Waals surface area contributed by atoms with Gasteiger partial charge in [-0.25, -0.2) is 4.79 Å². The van der Waals surface area contributed by atoms with E-state index in [0.29, 0.717) is 30.8 Å². The second-order valence-electron chi connectivity index (χ2n) is 6.76. The molecule has 2 aromatic carbocycles. The van der Waals surface area contributed by atoms with Gasteiger partial charge < -0.3 is 14.7 Å². The van der Waals surface area contributed by atoms with E-state index < -0.39 is 5.97 Å². The van der Waals surface area contributed by atoms with Gasteiger partial charge >= 0.3 is 5.97 Å². The molecular formula is C21H24N2O4. The van der Waals surface area contributed by atoms with Crippen LogP contribution in [0.25, 0.3) is 0 Å². The van der Waals surface area contributed by atoms with Gasteiger partial charge in [-0.1, -0.05) is 18.2 Å². The average Bonchev–Trinajstić information content (AvgIpc) is 2.68. The van der Waals surface area contributed by atoms with E-state index in [1.165, 1.54) is 0 Å². The molecule has 1 aliphatic rings. The van der Waals surface area contributed by atoms with Gasteiger partial charge in [0.1, 0.15) is 5.75 Å². The van der Waals surface area contributed by atoms with Crippen LogP contribution < -0.4 is 4.74 Å². The fraction of sp³-hybridized carbons (Fsp3) is 0.333. The van der Waals surface area contributed by atoms with Crippen molar-refractivity contribution < 1.29 is 19.4 Å². The van der Waals surface area contributed by atoms with Gasteiger partial charge in [-0.15, -0.1) is 0 Å². The third kappa shape index (κ3) is 4.46. The molecule has 0 saturated carbocycles. The lowest BCUT2D eigenvalue weighted by atomic mass is 10.1. The molecule has 0 atom stereocenters. The van der Waals surface area contributed by atoms with Gasteiger partial charge in [-0.05, 0) is 42.3 Å². The molecule has 3 rings (SSSR count). The number of amides is 1. The van der Waals surface area contributed by atoms with Crippen molar-refractivity contribution >= 4 is 11.9 Å². The Morgan fingerprint density at radius 1 is 1.04 bits per heavy atom. The highest BCUT2D eigenvalue weighted by Gasteiger charge is 2.23. The van der Waals surface area contributed by atoms with E-state index in [2.05, 4.69) is 4.90 Å². The van der Waals surface area contributed by atoms with Crippen molar-refractivity contribution in [3.05, 3.63) is 64.7 Å². The number of rotatable bonds is 5. The molecule has 0 bridgehead atoms. The molecule has 6 heteroatoms. The van der Waals surface area contributed by atoms with Crippen molar-refractivity contribution in [3.63, 3.8) is 0 Å². The first-order valence-corrected chi connectivity index (χ1v) is 8.96. The Morgan fingerprint density at radius 2 is 1.78 bits per heavy atom. The molecule has 0 spiro atoms. The van der Waals surface area contributed by atoms with Crippen molar-refractivity contribution in [3.8, 4) is 5.75 Å². The second kappa shape index (κ2) is 8.22. The lowest BCUT2D eigenvalue weighted by Crippen LogP contribution is -2.48. The maximum absolute atomic E-state index is 12.8. The van der Waals surface area contributed by atoms with Crippen LogP contribution in [0.3, 0.4) is 0 Å². The normalized spacial score (nSPS) is 14.8. The molecule has 1 heterocycles. The Labute approximate surface area is 159 Å². The fourth-order valence-electron chi connectivity index (χ4n) is 3.31. The number of methoxy groups -OCH3 is 1. The summed E-state index contributed by atoms with van der Waals surface area (Å²) >= 11 is 0. The minimum Gasteiger partial charge on any atom is -0.496 e. The Hall–Kier alpha value is -2.86. The topological polar surface area (TPSA) is 70.1 Å². The molecule has 0 unspecified atom stereocenters. The van der Waals surface area contributed by atoms with Crippen LogP contribution in [0.1, 0.15) is 31.8 Å². The third-order valence-electron chi connectivity index (χ3n) is 4.89. The van der Waals surface area contributed by atoms with Gasteiger partial charge in [-0.2, -0.15) is 0 Å². The van der Waals surface area contributed by atoms with Gasteiger partial charge in [0.25, 0.3) is 5.91 Å². The summed E-state index contributed by atoms with van der Waals surface area (Å²) in [6.07, 6.45) is 0. The predicted molar refractivity (Wildman–Crippen MR) is 102 cm³/mol. The lowest BCUT2D eigenvalue weighted by molar-refractivity contribution is 0.0625. The van der Waals surface area contributed by atoms with E-state index in [9.17, 15) is 9.59 Å². The summed E-state index contributed by atoms with van der Waals surface area (Å²) < 4.78 is 5.31. The average molecular weight is 368 g/mol. The van der Waals surface area contributed by atoms with Crippen molar-refractivity contribution in [2.45, 2.75) is 13.5 Å². The number of carboxylic acid groups (broad SMARTS) is 1. The van der Waals surface area contributed by atoms with Gasteiger partial charge in [0, 0.05) is 38.3 Å². The van der Waals surface area contributed by atoms with Gasteiger partial charge in [0.15, 0.2) is 0 Å². The molecule has 1 aliphatic heterocycles. The Balaban J connectivity index is 1.59. The highest BCUT2D eigenvalue weighted by molar-refractivity contribution is 5.94. The summed E-state index contributed by atoms with van der Waals surface area (Å²) in [5.74, 6) is -0.181. The van der Waals surface area contributed by atoms with Crippen molar-refractivity contribution in [2.75, 3.05) is 33.3 Å². The number of benzene rings is 2. The third-order valence-corrected chi connectivity index (χ3v) is 4.89. The fourth-order valence-corrected chi connectivity index (χ4v) is 3.31. The zero-order chi connectivity index (χ0) is 19.4. The molecule has 1 saturated heterocycles. The number of carboxylic acids is 1.